The minimum atomic E-state index is -1.19. The second-order valence-electron chi connectivity index (χ2n) is 4.31. The molecule has 2 heterocycles. The Kier molecular flexibility index (Phi) is 3.74. The van der Waals surface area contributed by atoms with E-state index in [4.69, 9.17) is 10.8 Å². The van der Waals surface area contributed by atoms with Gasteiger partial charge in [-0.1, -0.05) is 12.1 Å². The first-order valence-corrected chi connectivity index (χ1v) is 5.87. The molecule has 2 aromatic rings. The number of carbonyl (C=O) groups excluding carboxylic acids is 1. The summed E-state index contributed by atoms with van der Waals surface area (Å²) in [5.74, 6) is -2.16. The molecule has 0 radical (unpaired) electrons. The number of hydrogen-bond donors (Lipinski definition) is 2. The van der Waals surface area contributed by atoms with Crippen molar-refractivity contribution in [1.29, 1.82) is 0 Å². The molecule has 0 fully saturated rings. The minimum Gasteiger partial charge on any atom is -0.476 e. The lowest BCUT2D eigenvalue weighted by Gasteiger charge is -2.10. The third-order valence-corrected chi connectivity index (χ3v) is 2.82. The maximum atomic E-state index is 11.2. The van der Waals surface area contributed by atoms with Crippen molar-refractivity contribution in [2.75, 3.05) is 0 Å². The molecular weight excluding hydrogens is 262 g/mol. The molecule has 0 aromatic carbocycles. The van der Waals surface area contributed by atoms with Crippen LogP contribution >= 0.6 is 0 Å². The van der Waals surface area contributed by atoms with Crippen LogP contribution in [0.15, 0.2) is 24.5 Å². The van der Waals surface area contributed by atoms with Gasteiger partial charge in [-0.3, -0.25) is 9.78 Å². The molecule has 0 aliphatic carbocycles. The topological polar surface area (TPSA) is 124 Å². The highest BCUT2D eigenvalue weighted by atomic mass is 16.4. The fourth-order valence-electron chi connectivity index (χ4n) is 1.73. The summed E-state index contributed by atoms with van der Waals surface area (Å²) in [6, 6.07) is 3.30. The Morgan fingerprint density at radius 2 is 2.05 bits per heavy atom. The van der Waals surface area contributed by atoms with Gasteiger partial charge in [0.25, 0.3) is 0 Å². The van der Waals surface area contributed by atoms with Crippen molar-refractivity contribution in [3.63, 3.8) is 0 Å². The number of aromatic carboxylic acids is 1. The molecule has 0 spiro atoms. The first kappa shape index (κ1) is 13.7. The smallest absolute Gasteiger partial charge is 0.358 e. The molecule has 0 bridgehead atoms. The highest BCUT2D eigenvalue weighted by Crippen LogP contribution is 2.22. The number of hydrogen-bond acceptors (Lipinski definition) is 5. The Balaban J connectivity index is 2.48. The average Bonchev–Trinajstić information content (AvgIpc) is 2.83. The molecule has 1 unspecified atom stereocenters. The van der Waals surface area contributed by atoms with Gasteiger partial charge in [-0.2, -0.15) is 0 Å². The van der Waals surface area contributed by atoms with E-state index >= 15 is 0 Å². The minimum absolute atomic E-state index is 0.160. The molecule has 1 amide bonds. The molecule has 3 N–H and O–H groups in total. The lowest BCUT2D eigenvalue weighted by molar-refractivity contribution is -0.121. The molecule has 0 saturated carbocycles. The summed E-state index contributed by atoms with van der Waals surface area (Å²) in [5.41, 5.74) is 5.98. The number of carboxylic acids is 1. The lowest BCUT2D eigenvalue weighted by atomic mass is 10.1. The Bertz CT molecular complexity index is 638. The normalized spacial score (nSPS) is 12.1. The number of amides is 1. The first-order chi connectivity index (χ1) is 9.50. The van der Waals surface area contributed by atoms with Gasteiger partial charge in [0.05, 0.1) is 12.5 Å². The molecule has 104 valence electrons. The van der Waals surface area contributed by atoms with Crippen LogP contribution in [0, 0.1) is 5.92 Å². The summed E-state index contributed by atoms with van der Waals surface area (Å²) >= 11 is 0. The van der Waals surface area contributed by atoms with Crippen molar-refractivity contribution in [3.05, 3.63) is 30.2 Å². The summed E-state index contributed by atoms with van der Waals surface area (Å²) in [6.45, 7) is 1.80. The fourth-order valence-corrected chi connectivity index (χ4v) is 1.73. The molecule has 0 aliphatic rings. The summed E-state index contributed by atoms with van der Waals surface area (Å²) < 4.78 is 1.37. The van der Waals surface area contributed by atoms with Gasteiger partial charge in [0, 0.05) is 18.0 Å². The molecule has 0 saturated heterocycles. The third-order valence-electron chi connectivity index (χ3n) is 2.82. The van der Waals surface area contributed by atoms with E-state index in [1.54, 1.807) is 19.1 Å². The van der Waals surface area contributed by atoms with Gasteiger partial charge in [-0.25, -0.2) is 9.48 Å². The Morgan fingerprint density at radius 3 is 2.60 bits per heavy atom. The molecule has 20 heavy (non-hydrogen) atoms. The van der Waals surface area contributed by atoms with Crippen molar-refractivity contribution in [3.8, 4) is 11.3 Å². The van der Waals surface area contributed by atoms with Gasteiger partial charge in [-0.15, -0.1) is 5.10 Å². The van der Waals surface area contributed by atoms with Gasteiger partial charge in [0.15, 0.2) is 5.69 Å². The molecule has 8 nitrogen and oxygen atoms in total. The Morgan fingerprint density at radius 1 is 1.40 bits per heavy atom. The summed E-state index contributed by atoms with van der Waals surface area (Å²) in [5, 5.41) is 16.6. The second kappa shape index (κ2) is 5.47. The molecule has 0 aliphatic heterocycles. The van der Waals surface area contributed by atoms with E-state index in [2.05, 4.69) is 15.3 Å². The van der Waals surface area contributed by atoms with Crippen LogP contribution < -0.4 is 5.73 Å². The zero-order valence-electron chi connectivity index (χ0n) is 10.7. The molecule has 8 heteroatoms. The van der Waals surface area contributed by atoms with Crippen LogP contribution in [0.2, 0.25) is 0 Å². The fraction of sp³-hybridized carbons (Fsp3) is 0.250. The maximum Gasteiger partial charge on any atom is 0.358 e. The number of nitrogens with zero attached hydrogens (tertiary/aromatic N) is 4. The van der Waals surface area contributed by atoms with Crippen molar-refractivity contribution in [1.82, 2.24) is 20.0 Å². The SMILES string of the molecule is CC(Cn1nnc(C(=O)O)c1-c1ccncc1)C(N)=O. The number of pyridine rings is 1. The van der Waals surface area contributed by atoms with Gasteiger partial charge in [0.2, 0.25) is 5.91 Å². The van der Waals surface area contributed by atoms with Crippen LogP contribution in [-0.4, -0.2) is 37.0 Å². The van der Waals surface area contributed by atoms with E-state index in [1.165, 1.54) is 17.1 Å². The van der Waals surface area contributed by atoms with Crippen LogP contribution in [0.4, 0.5) is 0 Å². The van der Waals surface area contributed by atoms with Crippen LogP contribution in [0.1, 0.15) is 17.4 Å². The molecular formula is C12H13N5O3. The molecule has 2 rings (SSSR count). The van der Waals surface area contributed by atoms with E-state index in [0.717, 1.165) is 0 Å². The van der Waals surface area contributed by atoms with E-state index in [1.807, 2.05) is 0 Å². The van der Waals surface area contributed by atoms with Gasteiger partial charge >= 0.3 is 5.97 Å². The lowest BCUT2D eigenvalue weighted by Crippen LogP contribution is -2.25. The summed E-state index contributed by atoms with van der Waals surface area (Å²) in [6.07, 6.45) is 3.08. The van der Waals surface area contributed by atoms with Crippen LogP contribution in [0.3, 0.4) is 0 Å². The standard InChI is InChI=1S/C12H13N5O3/c1-7(11(13)18)6-17-10(8-2-4-14-5-3-8)9(12(19)20)15-16-17/h2-5,7H,6H2,1H3,(H2,13,18)(H,19,20). The number of carboxylic acid groups (broad SMARTS) is 1. The van der Waals surface area contributed by atoms with Crippen LogP contribution in [0.25, 0.3) is 11.3 Å². The highest BCUT2D eigenvalue weighted by Gasteiger charge is 2.22. The predicted molar refractivity (Wildman–Crippen MR) is 68.6 cm³/mol. The maximum absolute atomic E-state index is 11.2. The third kappa shape index (κ3) is 2.63. The number of rotatable bonds is 5. The van der Waals surface area contributed by atoms with E-state index in [9.17, 15) is 9.59 Å². The first-order valence-electron chi connectivity index (χ1n) is 5.87. The monoisotopic (exact) mass is 275 g/mol. The van der Waals surface area contributed by atoms with Crippen LogP contribution in [0.5, 0.6) is 0 Å². The largest absolute Gasteiger partial charge is 0.476 e. The van der Waals surface area contributed by atoms with Crippen molar-refractivity contribution < 1.29 is 14.7 Å². The quantitative estimate of drug-likeness (QED) is 0.800. The van der Waals surface area contributed by atoms with E-state index in [-0.39, 0.29) is 12.2 Å². The van der Waals surface area contributed by atoms with E-state index < -0.39 is 17.8 Å². The van der Waals surface area contributed by atoms with Crippen molar-refractivity contribution in [2.24, 2.45) is 11.7 Å². The number of carbonyl (C=O) groups is 2. The number of aromatic nitrogens is 4. The van der Waals surface area contributed by atoms with E-state index in [0.29, 0.717) is 11.3 Å². The zero-order valence-corrected chi connectivity index (χ0v) is 10.7. The number of primary amides is 1. The average molecular weight is 275 g/mol. The zero-order chi connectivity index (χ0) is 14.7. The van der Waals surface area contributed by atoms with Gasteiger partial charge in [0.1, 0.15) is 5.69 Å². The Hall–Kier alpha value is -2.77. The Labute approximate surface area is 114 Å². The van der Waals surface area contributed by atoms with Crippen LogP contribution in [-0.2, 0) is 11.3 Å². The summed E-state index contributed by atoms with van der Waals surface area (Å²) in [7, 11) is 0. The van der Waals surface area contributed by atoms with Crippen molar-refractivity contribution in [2.45, 2.75) is 13.5 Å². The summed E-state index contributed by atoms with van der Waals surface area (Å²) in [4.78, 5) is 26.2. The molecule has 2 aromatic heterocycles. The predicted octanol–water partition coefficient (Wildman–Crippen LogP) is 0.160. The van der Waals surface area contributed by atoms with Gasteiger partial charge < -0.3 is 10.8 Å². The second-order valence-corrected chi connectivity index (χ2v) is 4.31. The van der Waals surface area contributed by atoms with Gasteiger partial charge in [-0.05, 0) is 12.1 Å². The molecule has 1 atom stereocenters. The number of nitrogens with two attached hydrogens (primary N) is 1. The highest BCUT2D eigenvalue weighted by molar-refractivity contribution is 5.92. The van der Waals surface area contributed by atoms with Crippen molar-refractivity contribution >= 4 is 11.9 Å².